The Hall–Kier alpha value is -2.06. The molecule has 7 nitrogen and oxygen atoms in total. The van der Waals surface area contributed by atoms with Gasteiger partial charge >= 0.3 is 5.97 Å². The van der Waals surface area contributed by atoms with Crippen molar-refractivity contribution >= 4 is 35.1 Å². The number of halogens is 1. The minimum absolute atomic E-state index is 0.0332. The molecule has 0 aliphatic rings. The summed E-state index contributed by atoms with van der Waals surface area (Å²) in [7, 11) is 0. The first kappa shape index (κ1) is 13.4. The molecule has 0 unspecified atom stereocenters. The van der Waals surface area contributed by atoms with Crippen LogP contribution in [0.2, 0.25) is 5.02 Å². The van der Waals surface area contributed by atoms with Crippen LogP contribution in [0.4, 0.5) is 5.82 Å². The van der Waals surface area contributed by atoms with Gasteiger partial charge in [0.05, 0.1) is 10.6 Å². The molecule has 0 aliphatic heterocycles. The smallest absolute Gasteiger partial charge is 0.337 e. The fraction of sp³-hybridized carbons (Fsp3) is 0. The van der Waals surface area contributed by atoms with Crippen LogP contribution >= 0.6 is 23.4 Å². The summed E-state index contributed by atoms with van der Waals surface area (Å²) in [6, 6.07) is 2.43. The number of aromatic nitrogens is 3. The number of pyridine rings is 1. The lowest BCUT2D eigenvalue weighted by molar-refractivity contribution is 0.0696. The highest BCUT2D eigenvalue weighted by molar-refractivity contribution is 7.99. The van der Waals surface area contributed by atoms with Crippen molar-refractivity contribution < 1.29 is 9.90 Å². The molecule has 0 aromatic carbocycles. The molecule has 98 valence electrons. The molecule has 0 radical (unpaired) electrons. The van der Waals surface area contributed by atoms with E-state index in [0.29, 0.717) is 5.03 Å². The minimum atomic E-state index is -1.16. The van der Waals surface area contributed by atoms with E-state index in [4.69, 9.17) is 22.4 Å². The summed E-state index contributed by atoms with van der Waals surface area (Å²) < 4.78 is 0. The molecule has 0 saturated carbocycles. The first-order valence-corrected chi connectivity index (χ1v) is 6.08. The van der Waals surface area contributed by atoms with Gasteiger partial charge in [0, 0.05) is 12.3 Å². The van der Waals surface area contributed by atoms with Gasteiger partial charge in [-0.25, -0.2) is 14.8 Å². The topological polar surface area (TPSA) is 122 Å². The van der Waals surface area contributed by atoms with Crippen molar-refractivity contribution in [2.24, 2.45) is 0 Å². The number of nitrogen functional groups attached to an aromatic ring is 1. The molecule has 0 aliphatic carbocycles. The molecule has 9 heteroatoms. The number of H-pyrrole nitrogens is 1. The van der Waals surface area contributed by atoms with E-state index in [1.807, 2.05) is 0 Å². The van der Waals surface area contributed by atoms with E-state index in [0.717, 1.165) is 17.8 Å². The van der Waals surface area contributed by atoms with Gasteiger partial charge in [0.25, 0.3) is 5.56 Å². The maximum Gasteiger partial charge on any atom is 0.337 e. The summed E-state index contributed by atoms with van der Waals surface area (Å²) in [6.45, 7) is 0. The van der Waals surface area contributed by atoms with Crippen molar-refractivity contribution in [3.05, 3.63) is 39.3 Å². The number of nitrogens with two attached hydrogens (primary N) is 1. The molecule has 4 N–H and O–H groups in total. The van der Waals surface area contributed by atoms with E-state index in [2.05, 4.69) is 15.0 Å². The Morgan fingerprint density at radius 2 is 2.21 bits per heavy atom. The predicted octanol–water partition coefficient (Wildman–Crippen LogP) is 1.25. The summed E-state index contributed by atoms with van der Waals surface area (Å²) in [5.41, 5.74) is 4.96. The second kappa shape index (κ2) is 5.29. The zero-order chi connectivity index (χ0) is 14.0. The van der Waals surface area contributed by atoms with Crippen LogP contribution in [0, 0.1) is 0 Å². The van der Waals surface area contributed by atoms with Crippen molar-refractivity contribution in [2.75, 3.05) is 5.73 Å². The lowest BCUT2D eigenvalue weighted by atomic mass is 10.3. The quantitative estimate of drug-likeness (QED) is 0.729. The van der Waals surface area contributed by atoms with Crippen molar-refractivity contribution in [3.63, 3.8) is 0 Å². The van der Waals surface area contributed by atoms with Gasteiger partial charge in [0.2, 0.25) is 0 Å². The van der Waals surface area contributed by atoms with Crippen LogP contribution in [0.3, 0.4) is 0 Å². The van der Waals surface area contributed by atoms with E-state index in [9.17, 15) is 9.59 Å². The normalized spacial score (nSPS) is 10.4. The van der Waals surface area contributed by atoms with Crippen molar-refractivity contribution in [1.82, 2.24) is 15.0 Å². The summed E-state index contributed by atoms with van der Waals surface area (Å²) in [5, 5.41) is 9.51. The Balaban J connectivity index is 2.36. The second-order valence-corrected chi connectivity index (χ2v) is 4.80. The van der Waals surface area contributed by atoms with Gasteiger partial charge in [0.1, 0.15) is 10.8 Å². The number of aromatic amines is 1. The van der Waals surface area contributed by atoms with E-state index >= 15 is 0 Å². The van der Waals surface area contributed by atoms with Gasteiger partial charge in [0.15, 0.2) is 5.16 Å². The molecule has 0 bridgehead atoms. The SMILES string of the molecule is Nc1cc(=O)[nH]c(Sc2cc(C(=O)O)c(Cl)cn2)n1. The molecular formula is C10H7ClN4O3S. The maximum absolute atomic E-state index is 11.2. The first-order valence-electron chi connectivity index (χ1n) is 4.89. The predicted molar refractivity (Wildman–Crippen MR) is 69.6 cm³/mol. The molecular weight excluding hydrogens is 292 g/mol. The molecule has 0 fully saturated rings. The number of anilines is 1. The lowest BCUT2D eigenvalue weighted by Crippen LogP contribution is -2.09. The van der Waals surface area contributed by atoms with E-state index < -0.39 is 11.5 Å². The van der Waals surface area contributed by atoms with Gasteiger partial charge in [-0.05, 0) is 17.8 Å². The largest absolute Gasteiger partial charge is 0.478 e. The molecule has 2 aromatic rings. The molecule has 0 saturated heterocycles. The number of carboxylic acids is 1. The third kappa shape index (κ3) is 3.24. The number of hydrogen-bond donors (Lipinski definition) is 3. The molecule has 0 spiro atoms. The molecule has 2 aromatic heterocycles. The lowest BCUT2D eigenvalue weighted by Gasteiger charge is -2.03. The van der Waals surface area contributed by atoms with Gasteiger partial charge < -0.3 is 15.8 Å². The highest BCUT2D eigenvalue weighted by Crippen LogP contribution is 2.25. The number of nitrogens with one attached hydrogen (secondary N) is 1. The Morgan fingerprint density at radius 3 is 2.84 bits per heavy atom. The first-order chi connectivity index (χ1) is 8.95. The maximum atomic E-state index is 11.2. The number of aromatic carboxylic acids is 1. The van der Waals surface area contributed by atoms with Crippen molar-refractivity contribution in [1.29, 1.82) is 0 Å². The van der Waals surface area contributed by atoms with Gasteiger partial charge in [-0.2, -0.15) is 0 Å². The van der Waals surface area contributed by atoms with Gasteiger partial charge in [-0.1, -0.05) is 11.6 Å². The van der Waals surface area contributed by atoms with E-state index in [1.54, 1.807) is 0 Å². The van der Waals surface area contributed by atoms with Crippen molar-refractivity contribution in [3.8, 4) is 0 Å². The van der Waals surface area contributed by atoms with Crippen LogP contribution in [0.25, 0.3) is 0 Å². The Kier molecular flexibility index (Phi) is 3.72. The Bertz CT molecular complexity index is 703. The molecule has 19 heavy (non-hydrogen) atoms. The third-order valence-electron chi connectivity index (χ3n) is 2.00. The molecule has 0 atom stereocenters. The van der Waals surface area contributed by atoms with Gasteiger partial charge in [-0.3, -0.25) is 4.79 Å². The number of carboxylic acid groups (broad SMARTS) is 1. The summed E-state index contributed by atoms with van der Waals surface area (Å²) in [5.74, 6) is -1.10. The summed E-state index contributed by atoms with van der Waals surface area (Å²) in [6.07, 6.45) is 1.22. The van der Waals surface area contributed by atoms with Crippen LogP contribution in [0.15, 0.2) is 33.3 Å². The number of carbonyl (C=O) groups is 1. The Labute approximate surface area is 115 Å². The fourth-order valence-corrected chi connectivity index (χ4v) is 2.21. The zero-order valence-corrected chi connectivity index (χ0v) is 10.8. The van der Waals surface area contributed by atoms with Crippen LogP contribution in [-0.2, 0) is 0 Å². The van der Waals surface area contributed by atoms with Crippen LogP contribution in [0.1, 0.15) is 10.4 Å². The minimum Gasteiger partial charge on any atom is -0.478 e. The number of hydrogen-bond acceptors (Lipinski definition) is 6. The van der Waals surface area contributed by atoms with Crippen molar-refractivity contribution in [2.45, 2.75) is 10.2 Å². The molecule has 2 rings (SSSR count). The Morgan fingerprint density at radius 1 is 1.47 bits per heavy atom. The molecule has 2 heterocycles. The van der Waals surface area contributed by atoms with E-state index in [-0.39, 0.29) is 21.6 Å². The third-order valence-corrected chi connectivity index (χ3v) is 3.12. The zero-order valence-electron chi connectivity index (χ0n) is 9.25. The highest BCUT2D eigenvalue weighted by Gasteiger charge is 2.12. The van der Waals surface area contributed by atoms with Crippen LogP contribution in [0.5, 0.6) is 0 Å². The van der Waals surface area contributed by atoms with Crippen LogP contribution in [-0.4, -0.2) is 26.0 Å². The van der Waals surface area contributed by atoms with E-state index in [1.165, 1.54) is 12.3 Å². The second-order valence-electron chi connectivity index (χ2n) is 3.39. The highest BCUT2D eigenvalue weighted by atomic mass is 35.5. The summed E-state index contributed by atoms with van der Waals surface area (Å²) >= 11 is 6.68. The number of rotatable bonds is 3. The summed E-state index contributed by atoms with van der Waals surface area (Å²) in [4.78, 5) is 32.4. The molecule has 0 amide bonds. The monoisotopic (exact) mass is 298 g/mol. The average molecular weight is 299 g/mol. The van der Waals surface area contributed by atoms with Gasteiger partial charge in [-0.15, -0.1) is 0 Å². The average Bonchev–Trinajstić information content (AvgIpc) is 2.30. The number of nitrogens with zero attached hydrogens (tertiary/aromatic N) is 2. The fourth-order valence-electron chi connectivity index (χ4n) is 1.24. The van der Waals surface area contributed by atoms with Crippen LogP contribution < -0.4 is 11.3 Å². The standard InChI is InChI=1S/C10H7ClN4O3S/c11-5-3-13-8(1-4(5)9(17)18)19-10-14-6(12)2-7(16)15-10/h1-3H,(H,17,18)(H3,12,14,15,16).